The molecule has 1 saturated carbocycles. The molecule has 2 aliphatic rings. The highest BCUT2D eigenvalue weighted by Crippen LogP contribution is 2.53. The molecule has 1 N–H and O–H groups in total. The van der Waals surface area contributed by atoms with Crippen molar-refractivity contribution in [2.75, 3.05) is 26.7 Å². The minimum atomic E-state index is -0.434. The largest absolute Gasteiger partial charge is 0.472 e. The number of methoxy groups -OCH3 is 1. The van der Waals surface area contributed by atoms with Crippen LogP contribution < -0.4 is 10.1 Å². The van der Waals surface area contributed by atoms with Crippen molar-refractivity contribution in [1.29, 1.82) is 0 Å². The molecule has 2 heterocycles. The second-order valence-corrected chi connectivity index (χ2v) is 9.51. The lowest BCUT2D eigenvalue weighted by atomic mass is 9.55. The molecule has 1 aromatic carbocycles. The van der Waals surface area contributed by atoms with Gasteiger partial charge in [-0.2, -0.15) is 0 Å². The summed E-state index contributed by atoms with van der Waals surface area (Å²) in [5.41, 5.74) is 1.14. The highest BCUT2D eigenvalue weighted by atomic mass is 16.5. The first kappa shape index (κ1) is 24.9. The van der Waals surface area contributed by atoms with Crippen LogP contribution >= 0.6 is 0 Å². The number of piperidine rings is 1. The molecule has 0 unspecified atom stereocenters. The SMILES string of the molecule is C=CCN1CC[C@@]2(c3cccc(OC(C)=O)c3)C[C@@H](NC(=O)C=Cc3ccoc3)CC[C@]2(OC)C1. The fourth-order valence-corrected chi connectivity index (χ4v) is 5.87. The van der Waals surface area contributed by atoms with E-state index in [1.165, 1.54) is 6.92 Å². The second-order valence-electron chi connectivity index (χ2n) is 9.51. The normalized spacial score (nSPS) is 26.7. The van der Waals surface area contributed by atoms with Gasteiger partial charge in [0.25, 0.3) is 0 Å². The van der Waals surface area contributed by atoms with Crippen molar-refractivity contribution in [3.8, 4) is 5.75 Å². The molecule has 1 aliphatic heterocycles. The van der Waals surface area contributed by atoms with Crippen molar-refractivity contribution in [1.82, 2.24) is 10.2 Å². The van der Waals surface area contributed by atoms with E-state index in [-0.39, 0.29) is 23.3 Å². The second kappa shape index (κ2) is 10.6. The number of furan rings is 1. The third-order valence-electron chi connectivity index (χ3n) is 7.44. The predicted molar refractivity (Wildman–Crippen MR) is 134 cm³/mol. The molecule has 7 heteroatoms. The average Bonchev–Trinajstić information content (AvgIpc) is 3.36. The van der Waals surface area contributed by atoms with E-state index < -0.39 is 5.60 Å². The van der Waals surface area contributed by atoms with Crippen LogP contribution in [0, 0.1) is 0 Å². The van der Waals surface area contributed by atoms with Gasteiger partial charge in [0.2, 0.25) is 5.91 Å². The molecule has 1 aromatic heterocycles. The van der Waals surface area contributed by atoms with Gasteiger partial charge in [-0.05, 0) is 62.1 Å². The van der Waals surface area contributed by atoms with Crippen LogP contribution in [0.15, 0.2) is 66.0 Å². The number of fused-ring (bicyclic) bond motifs is 1. The van der Waals surface area contributed by atoms with Crippen LogP contribution in [0.1, 0.15) is 43.7 Å². The number of ether oxygens (including phenoxy) is 2. The number of hydrogen-bond donors (Lipinski definition) is 1. The monoisotopic (exact) mass is 478 g/mol. The van der Waals surface area contributed by atoms with E-state index in [4.69, 9.17) is 13.9 Å². The van der Waals surface area contributed by atoms with Crippen LogP contribution in [0.4, 0.5) is 0 Å². The van der Waals surface area contributed by atoms with Gasteiger partial charge < -0.3 is 19.2 Å². The number of rotatable bonds is 8. The smallest absolute Gasteiger partial charge is 0.308 e. The highest BCUT2D eigenvalue weighted by Gasteiger charge is 2.58. The topological polar surface area (TPSA) is 81.0 Å². The Morgan fingerprint density at radius 1 is 1.31 bits per heavy atom. The summed E-state index contributed by atoms with van der Waals surface area (Å²) in [6, 6.07) is 9.57. The van der Waals surface area contributed by atoms with Crippen LogP contribution in [-0.2, 0) is 19.7 Å². The summed E-state index contributed by atoms with van der Waals surface area (Å²) in [5, 5.41) is 3.21. The van der Waals surface area contributed by atoms with Crippen molar-refractivity contribution in [3.05, 3.63) is 72.7 Å². The van der Waals surface area contributed by atoms with Gasteiger partial charge in [-0.15, -0.1) is 6.58 Å². The van der Waals surface area contributed by atoms with Crippen LogP contribution in [0.25, 0.3) is 6.08 Å². The first-order valence-electron chi connectivity index (χ1n) is 12.1. The molecule has 2 fully saturated rings. The fourth-order valence-electron chi connectivity index (χ4n) is 5.87. The van der Waals surface area contributed by atoms with Crippen LogP contribution in [0.5, 0.6) is 5.75 Å². The van der Waals surface area contributed by atoms with E-state index in [2.05, 4.69) is 22.9 Å². The number of amides is 1. The summed E-state index contributed by atoms with van der Waals surface area (Å²) < 4.78 is 16.8. The summed E-state index contributed by atoms with van der Waals surface area (Å²) in [6.45, 7) is 7.77. The Morgan fingerprint density at radius 3 is 2.89 bits per heavy atom. The third-order valence-corrected chi connectivity index (χ3v) is 7.44. The van der Waals surface area contributed by atoms with Crippen molar-refractivity contribution in [2.45, 2.75) is 49.7 Å². The van der Waals surface area contributed by atoms with Crippen molar-refractivity contribution in [2.24, 2.45) is 0 Å². The van der Waals surface area contributed by atoms with Crippen LogP contribution in [-0.4, -0.2) is 55.2 Å². The Morgan fingerprint density at radius 2 is 2.17 bits per heavy atom. The van der Waals surface area contributed by atoms with E-state index in [1.54, 1.807) is 43.9 Å². The molecule has 4 rings (SSSR count). The number of carbonyl (C=O) groups excluding carboxylic acids is 2. The van der Waals surface area contributed by atoms with Gasteiger partial charge in [0.1, 0.15) is 5.75 Å². The van der Waals surface area contributed by atoms with Crippen molar-refractivity contribution in [3.63, 3.8) is 0 Å². The van der Waals surface area contributed by atoms with Crippen molar-refractivity contribution < 1.29 is 23.5 Å². The highest BCUT2D eigenvalue weighted by molar-refractivity contribution is 5.91. The molecule has 0 radical (unpaired) electrons. The molecule has 1 aliphatic carbocycles. The molecule has 3 atom stereocenters. The van der Waals surface area contributed by atoms with Gasteiger partial charge in [0.05, 0.1) is 18.1 Å². The van der Waals surface area contributed by atoms with Crippen molar-refractivity contribution >= 4 is 18.0 Å². The zero-order valence-electron chi connectivity index (χ0n) is 20.5. The molecule has 186 valence electrons. The Hall–Kier alpha value is -3.16. The molecule has 0 spiro atoms. The molecule has 0 bridgehead atoms. The maximum absolute atomic E-state index is 12.7. The molecule has 2 aromatic rings. The van der Waals surface area contributed by atoms with E-state index >= 15 is 0 Å². The minimum absolute atomic E-state index is 0.0110. The Kier molecular flexibility index (Phi) is 7.57. The number of benzene rings is 1. The maximum Gasteiger partial charge on any atom is 0.308 e. The minimum Gasteiger partial charge on any atom is -0.472 e. The van der Waals surface area contributed by atoms with E-state index in [9.17, 15) is 9.59 Å². The number of nitrogens with zero attached hydrogens (tertiary/aromatic N) is 1. The van der Waals surface area contributed by atoms with E-state index in [1.807, 2.05) is 18.2 Å². The van der Waals surface area contributed by atoms with Gasteiger partial charge in [0.15, 0.2) is 0 Å². The Balaban J connectivity index is 1.64. The van der Waals surface area contributed by atoms with Crippen LogP contribution in [0.3, 0.4) is 0 Å². The van der Waals surface area contributed by atoms with E-state index in [0.717, 1.165) is 56.4 Å². The number of likely N-dealkylation sites (tertiary alicyclic amines) is 1. The summed E-state index contributed by atoms with van der Waals surface area (Å²) in [6.07, 6.45) is 11.6. The number of esters is 1. The quantitative estimate of drug-likeness (QED) is 0.266. The first-order valence-corrected chi connectivity index (χ1v) is 12.1. The summed E-state index contributed by atoms with van der Waals surface area (Å²) in [5.74, 6) is 0.0442. The molecule has 1 saturated heterocycles. The van der Waals surface area contributed by atoms with Crippen LogP contribution in [0.2, 0.25) is 0 Å². The predicted octanol–water partition coefficient (Wildman–Crippen LogP) is 4.10. The zero-order valence-corrected chi connectivity index (χ0v) is 20.5. The summed E-state index contributed by atoms with van der Waals surface area (Å²) >= 11 is 0. The van der Waals surface area contributed by atoms with Gasteiger partial charge in [-0.25, -0.2) is 0 Å². The fraction of sp³-hybridized carbons (Fsp3) is 0.429. The molecule has 1 amide bonds. The molecule has 35 heavy (non-hydrogen) atoms. The maximum atomic E-state index is 12.7. The number of carbonyl (C=O) groups is 2. The third kappa shape index (κ3) is 5.26. The molecular weight excluding hydrogens is 444 g/mol. The lowest BCUT2D eigenvalue weighted by molar-refractivity contribution is -0.149. The summed E-state index contributed by atoms with van der Waals surface area (Å²) in [7, 11) is 1.79. The van der Waals surface area contributed by atoms with E-state index in [0.29, 0.717) is 5.75 Å². The van der Waals surface area contributed by atoms with Gasteiger partial charge >= 0.3 is 5.97 Å². The Bertz CT molecular complexity index is 1080. The van der Waals surface area contributed by atoms with Gasteiger partial charge in [-0.1, -0.05) is 18.2 Å². The molecule has 7 nitrogen and oxygen atoms in total. The standard InChI is InChI=1S/C28H34N2O5/c1-4-14-30-15-13-27(23-6-5-7-25(17-23)35-21(2)31)18-24(10-12-28(27,20-30)33-3)29-26(32)9-8-22-11-16-34-19-22/h4-9,11,16-17,19,24H,1,10,12-15,18,20H2,2-3H3,(H,29,32)/t24-,27-,28-/m0/s1. The average molecular weight is 479 g/mol. The van der Waals surface area contributed by atoms with Gasteiger partial charge in [-0.3, -0.25) is 14.5 Å². The number of nitrogens with one attached hydrogen (secondary N) is 1. The lowest BCUT2D eigenvalue weighted by Crippen LogP contribution is -2.67. The molecular formula is C28H34N2O5. The summed E-state index contributed by atoms with van der Waals surface area (Å²) in [4.78, 5) is 26.7. The lowest BCUT2D eigenvalue weighted by Gasteiger charge is -2.59. The first-order chi connectivity index (χ1) is 16.9. The Labute approximate surface area is 206 Å². The number of hydrogen-bond acceptors (Lipinski definition) is 6. The van der Waals surface area contributed by atoms with Gasteiger partial charge in [0, 0.05) is 50.2 Å². The zero-order chi connectivity index (χ0) is 24.9.